The summed E-state index contributed by atoms with van der Waals surface area (Å²) in [4.78, 5) is 4.61. The number of sulfonamides is 1. The van der Waals surface area contributed by atoms with Gasteiger partial charge in [-0.3, -0.25) is 9.71 Å². The van der Waals surface area contributed by atoms with Crippen LogP contribution >= 0.6 is 0 Å². The van der Waals surface area contributed by atoms with Crippen molar-refractivity contribution < 1.29 is 13.2 Å². The fourth-order valence-electron chi connectivity index (χ4n) is 2.96. The van der Waals surface area contributed by atoms with E-state index in [1.165, 1.54) is 19.2 Å². The summed E-state index contributed by atoms with van der Waals surface area (Å²) in [7, 11) is -2.19. The van der Waals surface area contributed by atoms with Crippen molar-refractivity contribution in [2.75, 3.05) is 11.8 Å². The third kappa shape index (κ3) is 2.84. The number of ether oxygens (including phenoxy) is 1. The summed E-state index contributed by atoms with van der Waals surface area (Å²) in [5.74, 6) is 0.601. The number of nitrogens with zero attached hydrogens (tertiary/aromatic N) is 1. The molecular formula is C20H16N2O3S. The number of fused-ring (bicyclic) bond motifs is 3. The number of nitrogens with one attached hydrogen (secondary N) is 1. The van der Waals surface area contributed by atoms with Crippen LogP contribution in [-0.2, 0) is 10.0 Å². The minimum atomic E-state index is -3.73. The number of anilines is 1. The van der Waals surface area contributed by atoms with E-state index in [9.17, 15) is 8.42 Å². The van der Waals surface area contributed by atoms with Gasteiger partial charge in [-0.05, 0) is 41.8 Å². The SMILES string of the molecule is COc1ccc(S(=O)(=O)Nc2cccc3ccc4cccnc4c23)cc1. The number of hydrogen-bond acceptors (Lipinski definition) is 4. The topological polar surface area (TPSA) is 68.3 Å². The molecule has 0 amide bonds. The number of benzene rings is 3. The van der Waals surface area contributed by atoms with Crippen molar-refractivity contribution in [1.82, 2.24) is 4.98 Å². The average Bonchev–Trinajstić information content (AvgIpc) is 2.67. The second-order valence-corrected chi connectivity index (χ2v) is 7.51. The van der Waals surface area contributed by atoms with Gasteiger partial charge in [0.05, 0.1) is 23.2 Å². The van der Waals surface area contributed by atoms with Gasteiger partial charge in [-0.2, -0.15) is 0 Å². The highest BCUT2D eigenvalue weighted by molar-refractivity contribution is 7.92. The van der Waals surface area contributed by atoms with Gasteiger partial charge in [0.1, 0.15) is 5.75 Å². The molecular weight excluding hydrogens is 348 g/mol. The molecule has 5 nitrogen and oxygen atoms in total. The fraction of sp³-hybridized carbons (Fsp3) is 0.0500. The van der Waals surface area contributed by atoms with Gasteiger partial charge in [-0.15, -0.1) is 0 Å². The van der Waals surface area contributed by atoms with Crippen LogP contribution in [0.4, 0.5) is 5.69 Å². The van der Waals surface area contributed by atoms with Crippen LogP contribution in [0.5, 0.6) is 5.75 Å². The molecule has 0 saturated heterocycles. The Labute approximate surface area is 151 Å². The quantitative estimate of drug-likeness (QED) is 0.551. The highest BCUT2D eigenvalue weighted by Crippen LogP contribution is 2.31. The summed E-state index contributed by atoms with van der Waals surface area (Å²) >= 11 is 0. The zero-order chi connectivity index (χ0) is 18.1. The van der Waals surface area contributed by atoms with E-state index in [1.807, 2.05) is 36.4 Å². The van der Waals surface area contributed by atoms with E-state index in [4.69, 9.17) is 4.74 Å². The van der Waals surface area contributed by atoms with Crippen LogP contribution in [0.3, 0.4) is 0 Å². The molecule has 0 fully saturated rings. The number of rotatable bonds is 4. The summed E-state index contributed by atoms with van der Waals surface area (Å²) in [5.41, 5.74) is 1.26. The van der Waals surface area contributed by atoms with Gasteiger partial charge >= 0.3 is 0 Å². The van der Waals surface area contributed by atoms with Crippen molar-refractivity contribution in [3.05, 3.63) is 72.9 Å². The molecule has 0 saturated carbocycles. The number of aromatic nitrogens is 1. The Kier molecular flexibility index (Phi) is 3.97. The third-order valence-electron chi connectivity index (χ3n) is 4.23. The number of hydrogen-bond donors (Lipinski definition) is 1. The Bertz CT molecular complexity index is 1200. The molecule has 4 rings (SSSR count). The van der Waals surface area contributed by atoms with Crippen molar-refractivity contribution in [3.63, 3.8) is 0 Å². The largest absolute Gasteiger partial charge is 0.497 e. The smallest absolute Gasteiger partial charge is 0.261 e. The van der Waals surface area contributed by atoms with Crippen molar-refractivity contribution in [3.8, 4) is 5.75 Å². The van der Waals surface area contributed by atoms with Crippen LogP contribution in [0.1, 0.15) is 0 Å². The maximum absolute atomic E-state index is 12.8. The van der Waals surface area contributed by atoms with Gasteiger partial charge in [0.2, 0.25) is 0 Å². The molecule has 26 heavy (non-hydrogen) atoms. The van der Waals surface area contributed by atoms with Crippen molar-refractivity contribution in [2.45, 2.75) is 4.90 Å². The van der Waals surface area contributed by atoms with Crippen molar-refractivity contribution in [2.24, 2.45) is 0 Å². The first-order chi connectivity index (χ1) is 12.6. The average molecular weight is 364 g/mol. The molecule has 1 aromatic heterocycles. The molecule has 3 aromatic carbocycles. The molecule has 1 heterocycles. The van der Waals surface area contributed by atoms with E-state index in [1.54, 1.807) is 24.4 Å². The zero-order valence-electron chi connectivity index (χ0n) is 14.0. The molecule has 0 aliphatic rings. The lowest BCUT2D eigenvalue weighted by Crippen LogP contribution is -2.13. The van der Waals surface area contributed by atoms with E-state index in [0.29, 0.717) is 11.4 Å². The Morgan fingerprint density at radius 2 is 1.62 bits per heavy atom. The summed E-state index contributed by atoms with van der Waals surface area (Å²) in [6, 6.07) is 19.5. The van der Waals surface area contributed by atoms with E-state index >= 15 is 0 Å². The van der Waals surface area contributed by atoms with E-state index in [-0.39, 0.29) is 4.90 Å². The van der Waals surface area contributed by atoms with Crippen LogP contribution in [0, 0.1) is 0 Å². The highest BCUT2D eigenvalue weighted by Gasteiger charge is 2.17. The van der Waals surface area contributed by atoms with Crippen molar-refractivity contribution >= 4 is 37.4 Å². The highest BCUT2D eigenvalue weighted by atomic mass is 32.2. The van der Waals surface area contributed by atoms with Crippen LogP contribution in [0.15, 0.2) is 77.8 Å². The Morgan fingerprint density at radius 1 is 0.885 bits per heavy atom. The Balaban J connectivity index is 1.85. The van der Waals surface area contributed by atoms with E-state index in [2.05, 4.69) is 9.71 Å². The summed E-state index contributed by atoms with van der Waals surface area (Å²) in [5, 5.41) is 2.66. The molecule has 0 bridgehead atoms. The summed E-state index contributed by atoms with van der Waals surface area (Å²) in [6.07, 6.45) is 1.70. The van der Waals surface area contributed by atoms with Gasteiger partial charge in [0.15, 0.2) is 0 Å². The second-order valence-electron chi connectivity index (χ2n) is 5.83. The summed E-state index contributed by atoms with van der Waals surface area (Å²) < 4.78 is 33.4. The second kappa shape index (κ2) is 6.31. The predicted molar refractivity (Wildman–Crippen MR) is 103 cm³/mol. The molecule has 0 aliphatic carbocycles. The van der Waals surface area contributed by atoms with Crippen molar-refractivity contribution in [1.29, 1.82) is 0 Å². The molecule has 0 aliphatic heterocycles. The number of methoxy groups -OCH3 is 1. The Morgan fingerprint density at radius 3 is 2.38 bits per heavy atom. The minimum Gasteiger partial charge on any atom is -0.497 e. The van der Waals surface area contributed by atoms with Gasteiger partial charge in [0.25, 0.3) is 10.0 Å². The molecule has 0 unspecified atom stereocenters. The first-order valence-corrected chi connectivity index (χ1v) is 9.50. The first kappa shape index (κ1) is 16.4. The van der Waals surface area contributed by atoms with E-state index < -0.39 is 10.0 Å². The molecule has 1 N–H and O–H groups in total. The van der Waals surface area contributed by atoms with Crippen LogP contribution in [0.2, 0.25) is 0 Å². The van der Waals surface area contributed by atoms with E-state index in [0.717, 1.165) is 21.7 Å². The molecule has 6 heteroatoms. The Hall–Kier alpha value is -3.12. The molecule has 130 valence electrons. The predicted octanol–water partition coefficient (Wildman–Crippen LogP) is 4.20. The van der Waals surface area contributed by atoms with Crippen LogP contribution in [-0.4, -0.2) is 20.5 Å². The van der Waals surface area contributed by atoms with Gasteiger partial charge in [-0.1, -0.05) is 30.3 Å². The first-order valence-electron chi connectivity index (χ1n) is 8.02. The zero-order valence-corrected chi connectivity index (χ0v) is 14.8. The molecule has 0 spiro atoms. The maximum atomic E-state index is 12.8. The maximum Gasteiger partial charge on any atom is 0.261 e. The minimum absolute atomic E-state index is 0.170. The fourth-order valence-corrected chi connectivity index (χ4v) is 4.03. The lowest BCUT2D eigenvalue weighted by Gasteiger charge is -2.12. The third-order valence-corrected chi connectivity index (χ3v) is 5.61. The van der Waals surface area contributed by atoms with Gasteiger partial charge in [0, 0.05) is 17.0 Å². The normalized spacial score (nSPS) is 11.6. The molecule has 4 aromatic rings. The van der Waals surface area contributed by atoms with Gasteiger partial charge in [-0.25, -0.2) is 8.42 Å². The monoisotopic (exact) mass is 364 g/mol. The lowest BCUT2D eigenvalue weighted by molar-refractivity contribution is 0.414. The number of pyridine rings is 1. The standard InChI is InChI=1S/C20H16N2O3S/c1-25-16-9-11-17(12-10-16)26(23,24)22-18-6-2-4-14-7-8-15-5-3-13-21-20(15)19(14)18/h2-13,22H,1H3. The molecule has 0 atom stereocenters. The van der Waals surface area contributed by atoms with Gasteiger partial charge < -0.3 is 4.74 Å². The summed E-state index contributed by atoms with van der Waals surface area (Å²) in [6.45, 7) is 0. The molecule has 0 radical (unpaired) electrons. The van der Waals surface area contributed by atoms with Crippen LogP contribution < -0.4 is 9.46 Å². The lowest BCUT2D eigenvalue weighted by atomic mass is 10.0. The van der Waals surface area contributed by atoms with Crippen LogP contribution in [0.25, 0.3) is 21.7 Å².